The molecule has 5 nitrogen and oxygen atoms in total. The van der Waals surface area contributed by atoms with Crippen LogP contribution in [0.1, 0.15) is 11.1 Å². The smallest absolute Gasteiger partial charge is 0.404 e. The molecule has 0 amide bonds. The Morgan fingerprint density at radius 2 is 1.33 bits per heavy atom. The molecule has 5 aromatic carbocycles. The van der Waals surface area contributed by atoms with Crippen LogP contribution >= 0.6 is 0 Å². The zero-order valence-electron chi connectivity index (χ0n) is 25.6. The van der Waals surface area contributed by atoms with Crippen LogP contribution in [-0.2, 0) is 5.66 Å². The fourth-order valence-electron chi connectivity index (χ4n) is 9.66. The summed E-state index contributed by atoms with van der Waals surface area (Å²) in [5.41, 5.74) is 12.8. The lowest BCUT2D eigenvalue weighted by Crippen LogP contribution is -2.72. The number of nitrogens with zero attached hydrogens (tertiary/aromatic N) is 4. The van der Waals surface area contributed by atoms with E-state index in [9.17, 15) is 0 Å². The molecule has 0 N–H and O–H groups in total. The van der Waals surface area contributed by atoms with E-state index >= 15 is 0 Å². The van der Waals surface area contributed by atoms with E-state index in [-0.39, 0.29) is 0 Å². The van der Waals surface area contributed by atoms with Gasteiger partial charge < -0.3 is 13.7 Å². The first-order valence-electron chi connectivity index (χ1n) is 16.5. The second-order valence-electron chi connectivity index (χ2n) is 13.3. The van der Waals surface area contributed by atoms with E-state index in [1.807, 2.05) is 0 Å². The SMILES string of the molecule is c1ccc(-n2c3ccccc3c3cc4c5ccc6[n+]7c5c5c(c8ccccc8n5c4cc32)C72c3c(cccc3-c3cccc[n+]32)O6)cc1. The molecule has 5 heteroatoms. The number of hydrogen-bond donors (Lipinski definition) is 0. The van der Waals surface area contributed by atoms with Crippen molar-refractivity contribution in [2.45, 2.75) is 5.66 Å². The fourth-order valence-corrected chi connectivity index (χ4v) is 9.66. The van der Waals surface area contributed by atoms with E-state index in [0.29, 0.717) is 0 Å². The number of rotatable bonds is 1. The lowest BCUT2D eigenvalue weighted by Gasteiger charge is -2.24. The first kappa shape index (κ1) is 23.8. The molecule has 5 aromatic heterocycles. The molecule has 1 atom stereocenters. The quantitative estimate of drug-likeness (QED) is 0.134. The van der Waals surface area contributed by atoms with E-state index in [0.717, 1.165) is 17.3 Å². The van der Waals surface area contributed by atoms with Crippen LogP contribution in [0.4, 0.5) is 0 Å². The van der Waals surface area contributed by atoms with Crippen LogP contribution in [0.3, 0.4) is 0 Å². The standard InChI is InChI=1S/C43H24N4O/c1-2-11-25(12-3-1)45-33-17-6-4-13-26(33)30-23-31-27-20-21-38-47-41(27)42-40(29-14-5-7-18-34(29)46(42)36(31)24-35(30)45)43(47)39-28(15-10-19-37(39)48-38)32-16-8-9-22-44(32)43/h1-24H/q+2. The normalized spacial score (nSPS) is 16.6. The Kier molecular flexibility index (Phi) is 3.84. The zero-order chi connectivity index (χ0) is 30.9. The average Bonchev–Trinajstić information content (AvgIpc) is 3.85. The van der Waals surface area contributed by atoms with E-state index in [1.165, 1.54) is 82.4 Å². The van der Waals surface area contributed by atoms with Gasteiger partial charge in [-0.2, -0.15) is 0 Å². The third kappa shape index (κ3) is 2.37. The molecule has 1 spiro atoms. The predicted molar refractivity (Wildman–Crippen MR) is 188 cm³/mol. The molecule has 0 aliphatic carbocycles. The van der Waals surface area contributed by atoms with Crippen molar-refractivity contribution in [3.05, 3.63) is 157 Å². The lowest BCUT2D eigenvalue weighted by atomic mass is 9.89. The largest absolute Gasteiger partial charge is 0.426 e. The van der Waals surface area contributed by atoms with Crippen LogP contribution in [0, 0.1) is 0 Å². The molecule has 0 saturated heterocycles. The fraction of sp³-hybridized carbons (Fsp3) is 0.0233. The van der Waals surface area contributed by atoms with Gasteiger partial charge in [-0.3, -0.25) is 0 Å². The van der Waals surface area contributed by atoms with Crippen molar-refractivity contribution in [3.63, 3.8) is 0 Å². The number of aromatic nitrogens is 4. The molecule has 10 aromatic rings. The Morgan fingerprint density at radius 3 is 2.25 bits per heavy atom. The first-order valence-corrected chi connectivity index (χ1v) is 16.5. The summed E-state index contributed by atoms with van der Waals surface area (Å²) in [6, 6.07) is 50.9. The minimum atomic E-state index is -0.616. The molecule has 48 heavy (non-hydrogen) atoms. The maximum atomic E-state index is 6.82. The minimum absolute atomic E-state index is 0.616. The van der Waals surface area contributed by atoms with Gasteiger partial charge in [0.1, 0.15) is 11.1 Å². The van der Waals surface area contributed by atoms with E-state index in [1.54, 1.807) is 0 Å². The zero-order valence-corrected chi connectivity index (χ0v) is 25.6. The topological polar surface area (TPSA) is 26.3 Å². The summed E-state index contributed by atoms with van der Waals surface area (Å²) in [5, 5.41) is 6.23. The van der Waals surface area contributed by atoms with Crippen LogP contribution in [0.25, 0.3) is 77.0 Å². The summed E-state index contributed by atoms with van der Waals surface area (Å²) in [7, 11) is 0. The number of hydrogen-bond acceptors (Lipinski definition) is 1. The molecular weight excluding hydrogens is 589 g/mol. The maximum Gasteiger partial charge on any atom is 0.426 e. The van der Waals surface area contributed by atoms with Gasteiger partial charge in [-0.1, -0.05) is 65.2 Å². The monoisotopic (exact) mass is 612 g/mol. The highest BCUT2D eigenvalue weighted by Crippen LogP contribution is 2.56. The molecule has 3 aliphatic rings. The van der Waals surface area contributed by atoms with Crippen molar-refractivity contribution in [2.75, 3.05) is 0 Å². The van der Waals surface area contributed by atoms with Gasteiger partial charge in [-0.25, -0.2) is 0 Å². The summed E-state index contributed by atoms with van der Waals surface area (Å²) < 4.78 is 16.8. The predicted octanol–water partition coefficient (Wildman–Crippen LogP) is 8.77. The lowest BCUT2D eigenvalue weighted by molar-refractivity contribution is -0.952. The molecule has 13 rings (SSSR count). The van der Waals surface area contributed by atoms with Crippen molar-refractivity contribution in [1.82, 2.24) is 8.97 Å². The first-order chi connectivity index (χ1) is 23.8. The van der Waals surface area contributed by atoms with Crippen molar-refractivity contribution in [2.24, 2.45) is 0 Å². The van der Waals surface area contributed by atoms with Crippen molar-refractivity contribution in [1.29, 1.82) is 0 Å². The number of pyridine rings is 3. The van der Waals surface area contributed by atoms with Crippen molar-refractivity contribution in [3.8, 4) is 28.6 Å². The van der Waals surface area contributed by atoms with Crippen molar-refractivity contribution < 1.29 is 13.9 Å². The molecule has 8 heterocycles. The van der Waals surface area contributed by atoms with Crippen LogP contribution < -0.4 is 13.9 Å². The van der Waals surface area contributed by atoms with Crippen LogP contribution in [0.5, 0.6) is 11.6 Å². The van der Waals surface area contributed by atoms with E-state index < -0.39 is 5.66 Å². The molecule has 0 bridgehead atoms. The average molecular weight is 613 g/mol. The molecule has 0 radical (unpaired) electrons. The van der Waals surface area contributed by atoms with E-state index in [4.69, 9.17) is 4.74 Å². The summed E-state index contributed by atoms with van der Waals surface area (Å²) in [4.78, 5) is 0. The second kappa shape index (κ2) is 7.73. The second-order valence-corrected chi connectivity index (χ2v) is 13.3. The number of fused-ring (bicyclic) bond motifs is 11. The number of para-hydroxylation sites is 3. The maximum absolute atomic E-state index is 6.82. The minimum Gasteiger partial charge on any atom is -0.404 e. The summed E-state index contributed by atoms with van der Waals surface area (Å²) in [6.07, 6.45) is 2.26. The van der Waals surface area contributed by atoms with Crippen LogP contribution in [0.15, 0.2) is 146 Å². The van der Waals surface area contributed by atoms with Crippen molar-refractivity contribution >= 4 is 60.0 Å². The Balaban J connectivity index is 1.32. The Hall–Kier alpha value is -6.46. The van der Waals surface area contributed by atoms with Gasteiger partial charge in [-0.05, 0) is 60.7 Å². The Labute approximate surface area is 273 Å². The van der Waals surface area contributed by atoms with Gasteiger partial charge >= 0.3 is 11.5 Å². The third-order valence-electron chi connectivity index (χ3n) is 11.3. The molecule has 0 saturated carbocycles. The summed E-state index contributed by atoms with van der Waals surface area (Å²) in [5.74, 6) is 1.78. The molecular formula is C43H24N4O+2. The van der Waals surface area contributed by atoms with Gasteiger partial charge in [0, 0.05) is 39.4 Å². The van der Waals surface area contributed by atoms with E-state index in [2.05, 4.69) is 164 Å². The van der Waals surface area contributed by atoms with Gasteiger partial charge in [-0.15, -0.1) is 4.57 Å². The summed E-state index contributed by atoms with van der Waals surface area (Å²) in [6.45, 7) is 0. The van der Waals surface area contributed by atoms with Gasteiger partial charge in [0.2, 0.25) is 11.2 Å². The number of benzene rings is 5. The molecule has 3 aliphatic heterocycles. The van der Waals surface area contributed by atoms with Gasteiger partial charge in [0.15, 0.2) is 17.5 Å². The highest BCUT2D eigenvalue weighted by atomic mass is 16.5. The van der Waals surface area contributed by atoms with Gasteiger partial charge in [0.05, 0.1) is 39.1 Å². The number of ether oxygens (including phenoxy) is 1. The molecule has 220 valence electrons. The highest BCUT2D eigenvalue weighted by Gasteiger charge is 2.71. The molecule has 1 unspecified atom stereocenters. The Bertz CT molecular complexity index is 3150. The summed E-state index contributed by atoms with van der Waals surface area (Å²) >= 11 is 0. The molecule has 0 fully saturated rings. The van der Waals surface area contributed by atoms with Crippen LogP contribution in [-0.4, -0.2) is 8.97 Å². The van der Waals surface area contributed by atoms with Gasteiger partial charge in [0.25, 0.3) is 0 Å². The Morgan fingerprint density at radius 1 is 0.542 bits per heavy atom. The third-order valence-corrected chi connectivity index (χ3v) is 11.3. The highest BCUT2D eigenvalue weighted by molar-refractivity contribution is 6.21. The van der Waals surface area contributed by atoms with Crippen LogP contribution in [0.2, 0.25) is 0 Å².